The SMILES string of the molecule is COC(=O)C1=C(C)N(CCc2ccc(OC)cc2)C(=O)/C1=C\c1cccc(OC)c1OC. The molecule has 0 fully saturated rings. The fourth-order valence-corrected chi connectivity index (χ4v) is 3.71. The fourth-order valence-electron chi connectivity index (χ4n) is 3.71. The highest BCUT2D eigenvalue weighted by Gasteiger charge is 2.37. The molecule has 32 heavy (non-hydrogen) atoms. The molecule has 7 heteroatoms. The van der Waals surface area contributed by atoms with Crippen molar-refractivity contribution >= 4 is 18.0 Å². The quantitative estimate of drug-likeness (QED) is 0.464. The molecule has 1 aliphatic heterocycles. The van der Waals surface area contributed by atoms with Crippen molar-refractivity contribution in [3.05, 3.63) is 70.4 Å². The second kappa shape index (κ2) is 10.0. The molecule has 0 unspecified atom stereocenters. The molecule has 0 N–H and O–H groups in total. The molecule has 0 saturated carbocycles. The van der Waals surface area contributed by atoms with E-state index in [0.717, 1.165) is 11.3 Å². The summed E-state index contributed by atoms with van der Waals surface area (Å²) in [7, 11) is 5.99. The molecule has 1 heterocycles. The lowest BCUT2D eigenvalue weighted by atomic mass is 10.0. The van der Waals surface area contributed by atoms with Crippen LogP contribution >= 0.6 is 0 Å². The summed E-state index contributed by atoms with van der Waals surface area (Å²) in [6.45, 7) is 2.17. The molecule has 0 saturated heterocycles. The molecule has 2 aromatic rings. The van der Waals surface area contributed by atoms with Crippen LogP contribution in [0.4, 0.5) is 0 Å². The number of hydrogen-bond donors (Lipinski definition) is 0. The van der Waals surface area contributed by atoms with Crippen molar-refractivity contribution in [1.82, 2.24) is 4.90 Å². The summed E-state index contributed by atoms with van der Waals surface area (Å²) in [5, 5.41) is 0. The van der Waals surface area contributed by atoms with Crippen LogP contribution in [0.1, 0.15) is 18.1 Å². The number of rotatable bonds is 8. The molecule has 0 bridgehead atoms. The molecule has 3 rings (SSSR count). The highest BCUT2D eigenvalue weighted by Crippen LogP contribution is 2.36. The fraction of sp³-hybridized carbons (Fsp3) is 0.280. The van der Waals surface area contributed by atoms with Crippen LogP contribution in [0.5, 0.6) is 17.2 Å². The average molecular weight is 437 g/mol. The van der Waals surface area contributed by atoms with E-state index in [-0.39, 0.29) is 17.1 Å². The van der Waals surface area contributed by atoms with Crippen LogP contribution in [0.2, 0.25) is 0 Å². The molecule has 0 aliphatic carbocycles. The van der Waals surface area contributed by atoms with Gasteiger partial charge in [0.05, 0.1) is 39.6 Å². The molecule has 0 spiro atoms. The van der Waals surface area contributed by atoms with Crippen molar-refractivity contribution in [3.8, 4) is 17.2 Å². The number of benzene rings is 2. The molecule has 168 valence electrons. The number of carbonyl (C=O) groups excluding carboxylic acids is 2. The van der Waals surface area contributed by atoms with Crippen molar-refractivity contribution in [3.63, 3.8) is 0 Å². The predicted molar refractivity (Wildman–Crippen MR) is 121 cm³/mol. The van der Waals surface area contributed by atoms with E-state index in [1.54, 1.807) is 50.3 Å². The zero-order chi connectivity index (χ0) is 23.3. The number of methoxy groups -OCH3 is 4. The summed E-state index contributed by atoms with van der Waals surface area (Å²) in [4.78, 5) is 27.5. The van der Waals surface area contributed by atoms with Crippen LogP contribution in [0.15, 0.2) is 59.3 Å². The van der Waals surface area contributed by atoms with E-state index < -0.39 is 5.97 Å². The third-order valence-corrected chi connectivity index (χ3v) is 5.42. The number of carbonyl (C=O) groups is 2. The summed E-state index contributed by atoms with van der Waals surface area (Å²) in [6.07, 6.45) is 2.27. The van der Waals surface area contributed by atoms with Crippen LogP contribution < -0.4 is 14.2 Å². The first-order valence-corrected chi connectivity index (χ1v) is 10.1. The lowest BCUT2D eigenvalue weighted by molar-refractivity contribution is -0.136. The van der Waals surface area contributed by atoms with Crippen LogP contribution in [0, 0.1) is 0 Å². The Balaban J connectivity index is 1.96. The molecule has 1 aliphatic rings. The molecule has 0 aromatic heterocycles. The molecular formula is C25H27NO6. The Bertz CT molecular complexity index is 1070. The van der Waals surface area contributed by atoms with Gasteiger partial charge in [-0.25, -0.2) is 4.79 Å². The van der Waals surface area contributed by atoms with Gasteiger partial charge in [0.15, 0.2) is 11.5 Å². The Morgan fingerprint density at radius 3 is 2.28 bits per heavy atom. The van der Waals surface area contributed by atoms with Gasteiger partial charge in [-0.05, 0) is 43.2 Å². The summed E-state index contributed by atoms with van der Waals surface area (Å²) in [5.41, 5.74) is 2.75. The minimum absolute atomic E-state index is 0.247. The minimum Gasteiger partial charge on any atom is -0.497 e. The van der Waals surface area contributed by atoms with Crippen molar-refractivity contribution in [1.29, 1.82) is 0 Å². The number of hydrogen-bond acceptors (Lipinski definition) is 6. The van der Waals surface area contributed by atoms with E-state index >= 15 is 0 Å². The van der Waals surface area contributed by atoms with Crippen LogP contribution in [-0.4, -0.2) is 51.8 Å². The maximum atomic E-state index is 13.3. The van der Waals surface area contributed by atoms with Gasteiger partial charge in [-0.2, -0.15) is 0 Å². The van der Waals surface area contributed by atoms with E-state index in [1.807, 2.05) is 24.3 Å². The van der Waals surface area contributed by atoms with E-state index in [0.29, 0.717) is 35.7 Å². The molecule has 2 aromatic carbocycles. The van der Waals surface area contributed by atoms with Crippen molar-refractivity contribution in [2.75, 3.05) is 35.0 Å². The van der Waals surface area contributed by atoms with Crippen molar-refractivity contribution in [2.45, 2.75) is 13.3 Å². The number of allylic oxidation sites excluding steroid dienone is 1. The average Bonchev–Trinajstić information content (AvgIpc) is 3.06. The summed E-state index contributed by atoms with van der Waals surface area (Å²) >= 11 is 0. The molecule has 7 nitrogen and oxygen atoms in total. The number of esters is 1. The maximum absolute atomic E-state index is 13.3. The number of amides is 1. The lowest BCUT2D eigenvalue weighted by Gasteiger charge is -2.18. The van der Waals surface area contributed by atoms with Gasteiger partial charge in [-0.1, -0.05) is 24.3 Å². The molecule has 0 radical (unpaired) electrons. The first-order chi connectivity index (χ1) is 15.4. The summed E-state index contributed by atoms with van der Waals surface area (Å²) in [6, 6.07) is 13.0. The molecule has 0 atom stereocenters. The standard InChI is InChI=1S/C25H27NO6/c1-16-22(25(28)32-5)20(15-18-7-6-8-21(30-3)23(18)31-4)24(27)26(16)14-13-17-9-11-19(29-2)12-10-17/h6-12,15H,13-14H2,1-5H3/b20-15-. The monoisotopic (exact) mass is 437 g/mol. The third kappa shape index (κ3) is 4.46. The Kier molecular flexibility index (Phi) is 7.20. The van der Waals surface area contributed by atoms with Gasteiger partial charge in [0.25, 0.3) is 5.91 Å². The smallest absolute Gasteiger partial charge is 0.340 e. The molecule has 1 amide bonds. The zero-order valence-electron chi connectivity index (χ0n) is 18.9. The Hall–Kier alpha value is -3.74. The van der Waals surface area contributed by atoms with Gasteiger partial charge in [0, 0.05) is 17.8 Å². The maximum Gasteiger partial charge on any atom is 0.340 e. The van der Waals surface area contributed by atoms with Crippen LogP contribution in [0.3, 0.4) is 0 Å². The van der Waals surface area contributed by atoms with Gasteiger partial charge in [-0.3, -0.25) is 4.79 Å². The lowest BCUT2D eigenvalue weighted by Crippen LogP contribution is -2.27. The Morgan fingerprint density at radius 2 is 1.69 bits per heavy atom. The van der Waals surface area contributed by atoms with Crippen molar-refractivity contribution < 1.29 is 28.5 Å². The van der Waals surface area contributed by atoms with E-state index in [1.165, 1.54) is 14.2 Å². The van der Waals surface area contributed by atoms with E-state index in [9.17, 15) is 9.59 Å². The summed E-state index contributed by atoms with van der Waals surface area (Å²) in [5.74, 6) is 0.961. The predicted octanol–water partition coefficient (Wildman–Crippen LogP) is 3.63. The number of para-hydroxylation sites is 1. The first kappa shape index (κ1) is 22.9. The largest absolute Gasteiger partial charge is 0.497 e. The molecular weight excluding hydrogens is 410 g/mol. The first-order valence-electron chi connectivity index (χ1n) is 10.1. The number of ether oxygens (including phenoxy) is 4. The van der Waals surface area contributed by atoms with Gasteiger partial charge < -0.3 is 23.8 Å². The summed E-state index contributed by atoms with van der Waals surface area (Å²) < 4.78 is 21.0. The van der Waals surface area contributed by atoms with Crippen LogP contribution in [-0.2, 0) is 20.7 Å². The topological polar surface area (TPSA) is 74.3 Å². The van der Waals surface area contributed by atoms with Gasteiger partial charge in [-0.15, -0.1) is 0 Å². The van der Waals surface area contributed by atoms with E-state index in [2.05, 4.69) is 0 Å². The Morgan fingerprint density at radius 1 is 0.969 bits per heavy atom. The Labute approximate surface area is 187 Å². The van der Waals surface area contributed by atoms with Crippen molar-refractivity contribution in [2.24, 2.45) is 0 Å². The normalized spacial score (nSPS) is 14.7. The highest BCUT2D eigenvalue weighted by atomic mass is 16.5. The second-order valence-electron chi connectivity index (χ2n) is 7.15. The zero-order valence-corrected chi connectivity index (χ0v) is 18.9. The minimum atomic E-state index is -0.559. The van der Waals surface area contributed by atoms with Gasteiger partial charge in [0.2, 0.25) is 0 Å². The second-order valence-corrected chi connectivity index (χ2v) is 7.15. The van der Waals surface area contributed by atoms with Gasteiger partial charge in [0.1, 0.15) is 5.75 Å². The number of nitrogens with zero attached hydrogens (tertiary/aromatic N) is 1. The highest BCUT2D eigenvalue weighted by molar-refractivity contribution is 6.16. The van der Waals surface area contributed by atoms with Gasteiger partial charge >= 0.3 is 5.97 Å². The third-order valence-electron chi connectivity index (χ3n) is 5.42. The van der Waals surface area contributed by atoms with Crippen LogP contribution in [0.25, 0.3) is 6.08 Å². The van der Waals surface area contributed by atoms with E-state index in [4.69, 9.17) is 18.9 Å².